The van der Waals surface area contributed by atoms with Gasteiger partial charge < -0.3 is 15.4 Å². The minimum atomic E-state index is -0.257. The van der Waals surface area contributed by atoms with Crippen LogP contribution in [0.1, 0.15) is 23.8 Å². The normalized spacial score (nSPS) is 15.7. The molecule has 0 bridgehead atoms. The molecule has 0 saturated heterocycles. The molecule has 1 unspecified atom stereocenters. The van der Waals surface area contributed by atoms with Crippen LogP contribution in [0.25, 0.3) is 5.69 Å². The van der Waals surface area contributed by atoms with E-state index in [1.165, 1.54) is 12.1 Å². The van der Waals surface area contributed by atoms with Crippen LogP contribution in [0.15, 0.2) is 41.5 Å². The van der Waals surface area contributed by atoms with Crippen LogP contribution in [-0.4, -0.2) is 57.2 Å². The number of hydrogen-bond acceptors (Lipinski definition) is 5. The van der Waals surface area contributed by atoms with Gasteiger partial charge in [0, 0.05) is 45.8 Å². The number of rotatable bonds is 7. The van der Waals surface area contributed by atoms with E-state index in [1.54, 1.807) is 31.0 Å². The van der Waals surface area contributed by atoms with Crippen molar-refractivity contribution in [3.8, 4) is 5.69 Å². The maximum absolute atomic E-state index is 13.1. The lowest BCUT2D eigenvalue weighted by Crippen LogP contribution is -2.47. The predicted molar refractivity (Wildman–Crippen MR) is 130 cm³/mol. The molecule has 9 nitrogen and oxygen atoms in total. The molecule has 0 saturated carbocycles. The van der Waals surface area contributed by atoms with Gasteiger partial charge in [0.25, 0.3) is 0 Å². The van der Waals surface area contributed by atoms with E-state index < -0.39 is 0 Å². The van der Waals surface area contributed by atoms with E-state index in [2.05, 4.69) is 30.8 Å². The van der Waals surface area contributed by atoms with Crippen molar-refractivity contribution in [2.75, 3.05) is 20.7 Å². The number of nitrogens with one attached hydrogen (secondary N) is 2. The zero-order chi connectivity index (χ0) is 21.6. The summed E-state index contributed by atoms with van der Waals surface area (Å²) in [6.45, 7) is 1.87. The van der Waals surface area contributed by atoms with Gasteiger partial charge in [-0.25, -0.2) is 18.7 Å². The second-order valence-corrected chi connectivity index (χ2v) is 7.42. The number of nitrogens with zero attached hydrogens (tertiary/aromatic N) is 6. The molecule has 172 valence electrons. The van der Waals surface area contributed by atoms with Crippen molar-refractivity contribution in [2.45, 2.75) is 38.5 Å². The second kappa shape index (κ2) is 11.4. The monoisotopic (exact) mass is 554 g/mol. The quantitative estimate of drug-likeness (QED) is 0.264. The van der Waals surface area contributed by atoms with Gasteiger partial charge in [-0.3, -0.25) is 4.99 Å². The molecule has 1 aromatic carbocycles. The molecule has 0 fully saturated rings. The molecule has 1 atom stereocenters. The molecule has 4 rings (SSSR count). The zero-order valence-corrected chi connectivity index (χ0v) is 20.5. The maximum Gasteiger partial charge on any atom is 0.191 e. The fourth-order valence-corrected chi connectivity index (χ4v) is 3.60. The summed E-state index contributed by atoms with van der Waals surface area (Å²) in [5, 5.41) is 15.9. The summed E-state index contributed by atoms with van der Waals surface area (Å²) in [7, 11) is 3.41. The number of aromatic nitrogens is 5. The van der Waals surface area contributed by atoms with Crippen LogP contribution in [0.2, 0.25) is 0 Å². The van der Waals surface area contributed by atoms with Crippen molar-refractivity contribution in [1.29, 1.82) is 0 Å². The van der Waals surface area contributed by atoms with E-state index in [-0.39, 0.29) is 35.8 Å². The number of methoxy groups -OCH3 is 1. The maximum atomic E-state index is 13.1. The molecule has 1 aliphatic heterocycles. The Morgan fingerprint density at radius 2 is 2.06 bits per heavy atom. The van der Waals surface area contributed by atoms with E-state index in [4.69, 9.17) is 4.74 Å². The van der Waals surface area contributed by atoms with Crippen molar-refractivity contribution < 1.29 is 9.13 Å². The van der Waals surface area contributed by atoms with Gasteiger partial charge in [0.2, 0.25) is 0 Å². The summed E-state index contributed by atoms with van der Waals surface area (Å²) < 4.78 is 21.9. The number of aliphatic imine (C=N–C) groups is 1. The summed E-state index contributed by atoms with van der Waals surface area (Å²) in [6, 6.07) is 8.47. The first-order chi connectivity index (χ1) is 15.1. The summed E-state index contributed by atoms with van der Waals surface area (Å²) in [4.78, 5) is 8.84. The van der Waals surface area contributed by atoms with E-state index in [9.17, 15) is 4.39 Å². The van der Waals surface area contributed by atoms with Gasteiger partial charge >= 0.3 is 0 Å². The number of guanidine groups is 1. The molecular weight excluding hydrogens is 526 g/mol. The predicted octanol–water partition coefficient (Wildman–Crippen LogP) is 2.09. The third-order valence-corrected chi connectivity index (χ3v) is 5.15. The Kier molecular flexibility index (Phi) is 8.56. The van der Waals surface area contributed by atoms with Gasteiger partial charge in [-0.05, 0) is 36.8 Å². The largest absolute Gasteiger partial charge is 0.377 e. The Balaban J connectivity index is 0.00000289. The molecule has 0 radical (unpaired) electrons. The summed E-state index contributed by atoms with van der Waals surface area (Å²) in [6.07, 6.45) is 4.46. The van der Waals surface area contributed by atoms with Gasteiger partial charge in [0.1, 0.15) is 18.2 Å². The first-order valence-corrected chi connectivity index (χ1v) is 10.3. The highest BCUT2D eigenvalue weighted by Gasteiger charge is 2.22. The fraction of sp³-hybridized carbons (Fsp3) is 0.429. The standard InChI is InChI=1S/C21H27FN8O.HI/c1-23-21(25-17-5-8-20-26-19(14-31-2)28-30(20)13-17)24-11-9-16-10-12-29(27-16)18-6-3-15(22)4-7-18;/h3-4,6-7,10,12,17H,5,8-9,11,13-14H2,1-2H3,(H2,23,24,25);1H. The van der Waals surface area contributed by atoms with Gasteiger partial charge in [-0.2, -0.15) is 10.2 Å². The smallest absolute Gasteiger partial charge is 0.191 e. The highest BCUT2D eigenvalue weighted by molar-refractivity contribution is 14.0. The lowest BCUT2D eigenvalue weighted by atomic mass is 10.1. The third kappa shape index (κ3) is 6.03. The topological polar surface area (TPSA) is 94.2 Å². The van der Waals surface area contributed by atoms with E-state index in [0.717, 1.165) is 54.8 Å². The number of ether oxygens (including phenoxy) is 1. The molecule has 3 aromatic rings. The SMILES string of the molecule is CN=C(NCCc1ccn(-c2ccc(F)cc2)n1)NC1CCc2nc(COC)nn2C1.I. The van der Waals surface area contributed by atoms with Crippen LogP contribution in [-0.2, 0) is 30.7 Å². The average Bonchev–Trinajstić information content (AvgIpc) is 3.40. The average molecular weight is 554 g/mol. The molecule has 0 amide bonds. The van der Waals surface area contributed by atoms with Crippen molar-refractivity contribution in [1.82, 2.24) is 35.2 Å². The molecule has 3 heterocycles. The molecule has 2 aromatic heterocycles. The molecule has 2 N–H and O–H groups in total. The Morgan fingerprint density at radius 1 is 1.25 bits per heavy atom. The van der Waals surface area contributed by atoms with Crippen LogP contribution < -0.4 is 10.6 Å². The lowest BCUT2D eigenvalue weighted by molar-refractivity contribution is 0.177. The van der Waals surface area contributed by atoms with E-state index >= 15 is 0 Å². The molecule has 32 heavy (non-hydrogen) atoms. The van der Waals surface area contributed by atoms with Crippen LogP contribution >= 0.6 is 24.0 Å². The Labute approximate surface area is 203 Å². The fourth-order valence-electron chi connectivity index (χ4n) is 3.60. The van der Waals surface area contributed by atoms with Crippen molar-refractivity contribution >= 4 is 29.9 Å². The van der Waals surface area contributed by atoms with E-state index in [0.29, 0.717) is 13.2 Å². The van der Waals surface area contributed by atoms with Crippen molar-refractivity contribution in [3.05, 3.63) is 59.7 Å². The summed E-state index contributed by atoms with van der Waals surface area (Å²) >= 11 is 0. The van der Waals surface area contributed by atoms with Gasteiger partial charge in [-0.1, -0.05) is 0 Å². The van der Waals surface area contributed by atoms with Gasteiger partial charge in [0.15, 0.2) is 11.8 Å². The summed E-state index contributed by atoms with van der Waals surface area (Å²) in [5.41, 5.74) is 1.78. The number of fused-ring (bicyclic) bond motifs is 1. The van der Waals surface area contributed by atoms with Crippen LogP contribution in [0.5, 0.6) is 0 Å². The second-order valence-electron chi connectivity index (χ2n) is 7.42. The first kappa shape index (κ1) is 24.1. The minimum absolute atomic E-state index is 0. The Hall–Kier alpha value is -2.54. The number of aryl methyl sites for hydroxylation is 1. The summed E-state index contributed by atoms with van der Waals surface area (Å²) in [5.74, 6) is 2.22. The first-order valence-electron chi connectivity index (χ1n) is 10.3. The number of hydrogen-bond donors (Lipinski definition) is 2. The lowest BCUT2D eigenvalue weighted by Gasteiger charge is -2.25. The van der Waals surface area contributed by atoms with Crippen LogP contribution in [0.4, 0.5) is 4.39 Å². The molecule has 0 aliphatic carbocycles. The molecular formula is C21H28FIN8O. The zero-order valence-electron chi connectivity index (χ0n) is 18.2. The van der Waals surface area contributed by atoms with Crippen LogP contribution in [0.3, 0.4) is 0 Å². The van der Waals surface area contributed by atoms with Crippen molar-refractivity contribution in [3.63, 3.8) is 0 Å². The molecule has 11 heteroatoms. The molecule has 1 aliphatic rings. The van der Waals surface area contributed by atoms with Crippen LogP contribution in [0, 0.1) is 5.82 Å². The Bertz CT molecular complexity index is 1030. The number of benzene rings is 1. The van der Waals surface area contributed by atoms with Gasteiger partial charge in [0.05, 0.1) is 17.9 Å². The number of halogens is 2. The highest BCUT2D eigenvalue weighted by Crippen LogP contribution is 2.13. The van der Waals surface area contributed by atoms with Crippen molar-refractivity contribution in [2.24, 2.45) is 4.99 Å². The third-order valence-electron chi connectivity index (χ3n) is 5.15. The Morgan fingerprint density at radius 3 is 2.81 bits per heavy atom. The minimum Gasteiger partial charge on any atom is -0.377 e. The molecule has 0 spiro atoms. The highest BCUT2D eigenvalue weighted by atomic mass is 127. The van der Waals surface area contributed by atoms with Gasteiger partial charge in [-0.15, -0.1) is 24.0 Å². The van der Waals surface area contributed by atoms with E-state index in [1.807, 2.05) is 16.9 Å².